The number of ether oxygens (including phenoxy) is 1. The third-order valence-corrected chi connectivity index (χ3v) is 4.20. The zero-order chi connectivity index (χ0) is 18.6. The molecule has 0 aromatic heterocycles. The van der Waals surface area contributed by atoms with Gasteiger partial charge in [0.2, 0.25) is 11.8 Å². The first kappa shape index (κ1) is 19.4. The van der Waals surface area contributed by atoms with Crippen LogP contribution in [0, 0.1) is 5.92 Å². The molecule has 1 saturated heterocycles. The third kappa shape index (κ3) is 5.26. The van der Waals surface area contributed by atoms with Crippen molar-refractivity contribution >= 4 is 11.8 Å². The molecule has 2 aliphatic rings. The van der Waals surface area contributed by atoms with E-state index in [-0.39, 0.29) is 18.5 Å². The summed E-state index contributed by atoms with van der Waals surface area (Å²) in [5.41, 5.74) is 3.87. The van der Waals surface area contributed by atoms with Crippen molar-refractivity contribution < 1.29 is 24.5 Å². The minimum Gasteiger partial charge on any atom is -0.384 e. The second-order valence-corrected chi connectivity index (χ2v) is 6.93. The summed E-state index contributed by atoms with van der Waals surface area (Å²) in [6.45, 7) is 4.20. The van der Waals surface area contributed by atoms with Gasteiger partial charge in [-0.1, -0.05) is 32.1 Å². The summed E-state index contributed by atoms with van der Waals surface area (Å²) >= 11 is 0. The summed E-state index contributed by atoms with van der Waals surface area (Å²) in [4.78, 5) is 22.9. The monoisotopic (exact) mass is 350 g/mol. The van der Waals surface area contributed by atoms with Crippen LogP contribution in [-0.2, 0) is 14.3 Å². The molecule has 1 aliphatic carbocycles. The fourth-order valence-electron chi connectivity index (χ4n) is 2.78. The lowest BCUT2D eigenvalue weighted by molar-refractivity contribution is -0.119. The zero-order valence-electron chi connectivity index (χ0n) is 14.5. The largest absolute Gasteiger partial charge is 0.384 e. The van der Waals surface area contributed by atoms with E-state index in [0.29, 0.717) is 5.92 Å². The Hall–Kier alpha value is -1.96. The Labute approximate surface area is 147 Å². The Kier molecular flexibility index (Phi) is 6.16. The molecule has 0 bridgehead atoms. The van der Waals surface area contributed by atoms with Crippen LogP contribution in [0.5, 0.6) is 0 Å². The standard InChI is InChI=1S/C18H26N2O5/c1-11(2)6-4-3-5-7-14(22)20-12-10-18(24,9-8-13(19)21)17-16(25-17)15(12)23/h3-5,7,10-11,15-17,23-24H,6,8-9H2,1-2H3,(H2,19,21)(H,20,22)/b4-3+,7-5+/t15-,16+,17+,18-/m1/s1. The number of carbonyl (C=O) groups excluding carboxylic acids is 2. The summed E-state index contributed by atoms with van der Waals surface area (Å²) in [5.74, 6) is -0.409. The Morgan fingerprint density at radius 1 is 1.44 bits per heavy atom. The maximum absolute atomic E-state index is 12.0. The van der Waals surface area contributed by atoms with Crippen molar-refractivity contribution in [2.45, 2.75) is 57.0 Å². The van der Waals surface area contributed by atoms with Crippen LogP contribution in [0.15, 0.2) is 36.1 Å². The summed E-state index contributed by atoms with van der Waals surface area (Å²) in [6, 6.07) is 0. The number of rotatable bonds is 8. The molecule has 1 heterocycles. The third-order valence-electron chi connectivity index (χ3n) is 4.20. The van der Waals surface area contributed by atoms with Crippen LogP contribution >= 0.6 is 0 Å². The Morgan fingerprint density at radius 3 is 2.80 bits per heavy atom. The van der Waals surface area contributed by atoms with Gasteiger partial charge in [0.25, 0.3) is 0 Å². The second kappa shape index (κ2) is 7.95. The Balaban J connectivity index is 1.98. The first-order valence-corrected chi connectivity index (χ1v) is 8.44. The molecule has 2 amide bonds. The summed E-state index contributed by atoms with van der Waals surface area (Å²) < 4.78 is 5.30. The summed E-state index contributed by atoms with van der Waals surface area (Å²) in [7, 11) is 0. The Bertz CT molecular complexity index is 611. The van der Waals surface area contributed by atoms with Crippen molar-refractivity contribution in [3.05, 3.63) is 36.1 Å². The highest BCUT2D eigenvalue weighted by Gasteiger charge is 2.60. The van der Waals surface area contributed by atoms with Crippen molar-refractivity contribution in [3.8, 4) is 0 Å². The first-order valence-electron chi connectivity index (χ1n) is 8.44. The van der Waals surface area contributed by atoms with E-state index in [1.54, 1.807) is 12.2 Å². The van der Waals surface area contributed by atoms with Crippen LogP contribution in [0.25, 0.3) is 0 Å². The van der Waals surface area contributed by atoms with E-state index in [4.69, 9.17) is 10.5 Å². The Morgan fingerprint density at radius 2 is 2.16 bits per heavy atom. The molecule has 0 radical (unpaired) electrons. The van der Waals surface area contributed by atoms with Crippen LogP contribution in [0.2, 0.25) is 0 Å². The highest BCUT2D eigenvalue weighted by atomic mass is 16.6. The van der Waals surface area contributed by atoms with Crippen molar-refractivity contribution in [1.29, 1.82) is 0 Å². The van der Waals surface area contributed by atoms with Crippen molar-refractivity contribution in [2.75, 3.05) is 0 Å². The van der Waals surface area contributed by atoms with Gasteiger partial charge in [-0.3, -0.25) is 9.59 Å². The number of primary amides is 1. The molecule has 0 aromatic rings. The highest BCUT2D eigenvalue weighted by Crippen LogP contribution is 2.44. The van der Waals surface area contributed by atoms with Crippen molar-refractivity contribution in [1.82, 2.24) is 5.32 Å². The molecule has 2 rings (SSSR count). The molecule has 0 spiro atoms. The maximum Gasteiger partial charge on any atom is 0.248 e. The van der Waals surface area contributed by atoms with Gasteiger partial charge < -0.3 is 26.0 Å². The van der Waals surface area contributed by atoms with E-state index in [2.05, 4.69) is 19.2 Å². The van der Waals surface area contributed by atoms with Crippen molar-refractivity contribution in [3.63, 3.8) is 0 Å². The van der Waals surface area contributed by atoms with Crippen LogP contribution in [0.1, 0.15) is 33.1 Å². The van der Waals surface area contributed by atoms with E-state index < -0.39 is 35.7 Å². The quantitative estimate of drug-likeness (QED) is 0.284. The van der Waals surface area contributed by atoms with Gasteiger partial charge >= 0.3 is 0 Å². The number of aliphatic hydroxyl groups excluding tert-OH is 1. The molecule has 0 aromatic carbocycles. The lowest BCUT2D eigenvalue weighted by atomic mass is 9.84. The van der Waals surface area contributed by atoms with Gasteiger partial charge in [-0.15, -0.1) is 0 Å². The second-order valence-electron chi connectivity index (χ2n) is 6.93. The van der Waals surface area contributed by atoms with Gasteiger partial charge in [-0.05, 0) is 24.8 Å². The topological polar surface area (TPSA) is 125 Å². The van der Waals surface area contributed by atoms with Gasteiger partial charge in [-0.2, -0.15) is 0 Å². The molecule has 138 valence electrons. The summed E-state index contributed by atoms with van der Waals surface area (Å²) in [6.07, 6.45) is 6.84. The number of fused-ring (bicyclic) bond motifs is 1. The molecule has 1 fully saturated rings. The number of carbonyl (C=O) groups is 2. The predicted octanol–water partition coefficient (Wildman–Crippen LogP) is 0.284. The van der Waals surface area contributed by atoms with Gasteiger partial charge in [0, 0.05) is 18.2 Å². The number of amides is 2. The minimum absolute atomic E-state index is 0.0164. The van der Waals surface area contributed by atoms with Gasteiger partial charge in [0.1, 0.15) is 23.9 Å². The van der Waals surface area contributed by atoms with E-state index in [1.165, 1.54) is 12.2 Å². The van der Waals surface area contributed by atoms with Crippen LogP contribution in [0.4, 0.5) is 0 Å². The van der Waals surface area contributed by atoms with E-state index in [1.807, 2.05) is 6.08 Å². The van der Waals surface area contributed by atoms with Crippen LogP contribution < -0.4 is 11.1 Å². The number of allylic oxidation sites excluding steroid dienone is 3. The molecule has 4 atom stereocenters. The average Bonchev–Trinajstić information content (AvgIpc) is 3.32. The van der Waals surface area contributed by atoms with Crippen LogP contribution in [0.3, 0.4) is 0 Å². The van der Waals surface area contributed by atoms with E-state index in [0.717, 1.165) is 6.42 Å². The average molecular weight is 350 g/mol. The first-order chi connectivity index (χ1) is 11.7. The molecule has 7 nitrogen and oxygen atoms in total. The molecule has 1 aliphatic heterocycles. The lowest BCUT2D eigenvalue weighted by Crippen LogP contribution is -2.46. The lowest BCUT2D eigenvalue weighted by Gasteiger charge is -2.29. The molecular weight excluding hydrogens is 324 g/mol. The maximum atomic E-state index is 12.0. The van der Waals surface area contributed by atoms with E-state index in [9.17, 15) is 19.8 Å². The number of nitrogens with two attached hydrogens (primary N) is 1. The van der Waals surface area contributed by atoms with Gasteiger partial charge in [0.05, 0.1) is 0 Å². The molecular formula is C18H26N2O5. The SMILES string of the molecule is CC(C)C/C=C/C=C/C(=O)NC1=C[C@](O)(CCC(N)=O)[C@H]2O[C@H]2[C@@H]1O. The number of aliphatic hydroxyl groups is 2. The highest BCUT2D eigenvalue weighted by molar-refractivity contribution is 5.89. The van der Waals surface area contributed by atoms with Gasteiger partial charge in [0.15, 0.2) is 0 Å². The van der Waals surface area contributed by atoms with Gasteiger partial charge in [-0.25, -0.2) is 0 Å². The molecule has 0 saturated carbocycles. The fourth-order valence-corrected chi connectivity index (χ4v) is 2.78. The normalized spacial score (nSPS) is 31.2. The number of hydrogen-bond donors (Lipinski definition) is 4. The number of hydrogen-bond acceptors (Lipinski definition) is 5. The summed E-state index contributed by atoms with van der Waals surface area (Å²) in [5, 5.41) is 23.4. The molecule has 25 heavy (non-hydrogen) atoms. The smallest absolute Gasteiger partial charge is 0.248 e. The molecule has 0 unspecified atom stereocenters. The minimum atomic E-state index is -1.43. The zero-order valence-corrected chi connectivity index (χ0v) is 14.5. The molecule has 7 heteroatoms. The number of nitrogens with one attached hydrogen (secondary N) is 1. The van der Waals surface area contributed by atoms with Crippen molar-refractivity contribution in [2.24, 2.45) is 11.7 Å². The fraction of sp³-hybridized carbons (Fsp3) is 0.556. The van der Waals surface area contributed by atoms with E-state index >= 15 is 0 Å². The predicted molar refractivity (Wildman–Crippen MR) is 92.0 cm³/mol. The number of epoxide rings is 1. The van der Waals surface area contributed by atoms with Crippen LogP contribution in [-0.4, -0.2) is 45.9 Å². The molecule has 5 N–H and O–H groups in total.